The van der Waals surface area contributed by atoms with E-state index >= 15 is 0 Å². The highest BCUT2D eigenvalue weighted by Gasteiger charge is 2.47. The van der Waals surface area contributed by atoms with Gasteiger partial charge in [0, 0.05) is 47.5 Å². The summed E-state index contributed by atoms with van der Waals surface area (Å²) in [5.41, 5.74) is 0.731. The van der Waals surface area contributed by atoms with E-state index in [1.807, 2.05) is 19.0 Å². The van der Waals surface area contributed by atoms with Gasteiger partial charge in [-0.25, -0.2) is 9.59 Å². The number of hydrogen-bond donors (Lipinski definition) is 3. The molecule has 2 saturated heterocycles. The van der Waals surface area contributed by atoms with Crippen molar-refractivity contribution in [1.29, 1.82) is 0 Å². The number of benzene rings is 2. The number of likely N-dealkylation sites (tertiary alicyclic amines) is 2. The predicted octanol–water partition coefficient (Wildman–Crippen LogP) is 2.86. The molecule has 0 bridgehead atoms. The van der Waals surface area contributed by atoms with Gasteiger partial charge >= 0.3 is 12.2 Å². The summed E-state index contributed by atoms with van der Waals surface area (Å²) in [5.74, 6) is -1.28. The molecule has 3 heterocycles. The van der Waals surface area contributed by atoms with Crippen molar-refractivity contribution in [2.75, 3.05) is 58.0 Å². The van der Waals surface area contributed by atoms with E-state index < -0.39 is 35.6 Å². The zero-order chi connectivity index (χ0) is 31.6. The molecule has 5 amide bonds. The number of nitrogens with one attached hydrogen (secondary N) is 3. The van der Waals surface area contributed by atoms with Crippen LogP contribution in [0.2, 0.25) is 5.02 Å². The second-order valence-corrected chi connectivity index (χ2v) is 11.8. The van der Waals surface area contributed by atoms with Gasteiger partial charge in [-0.2, -0.15) is 0 Å². The van der Waals surface area contributed by atoms with Crippen LogP contribution >= 0.6 is 11.6 Å². The fraction of sp³-hybridized carbons (Fsp3) is 0.433. The van der Waals surface area contributed by atoms with Gasteiger partial charge in [0.25, 0.3) is 5.91 Å². The molecule has 5 rings (SSSR count). The number of nitrogens with zero attached hydrogens (tertiary/aromatic N) is 3. The number of carbonyl (C=O) groups is 5. The van der Waals surface area contributed by atoms with Gasteiger partial charge < -0.3 is 29.5 Å². The number of hydrogen-bond acceptors (Lipinski definition) is 8. The zero-order valence-electron chi connectivity index (χ0n) is 24.7. The molecule has 1 spiro atoms. The highest BCUT2D eigenvalue weighted by atomic mass is 35.5. The van der Waals surface area contributed by atoms with Crippen molar-refractivity contribution in [3.8, 4) is 0 Å². The Morgan fingerprint density at radius 2 is 1.86 bits per heavy atom. The SMILES string of the molecule is COC(=O)Nc1ccc(C(=O)N[C@@H](CC(=O)N2CC(N(C)C)C2)C(=O)N2CCC[C@@]3(C2)OC(=O)Nc2ccc(Cl)cc23)cc1. The second-order valence-electron chi connectivity index (χ2n) is 11.4. The Balaban J connectivity index is 1.36. The maximum Gasteiger partial charge on any atom is 0.412 e. The molecule has 0 aromatic heterocycles. The van der Waals surface area contributed by atoms with Crippen LogP contribution in [0.3, 0.4) is 0 Å². The highest BCUT2D eigenvalue weighted by molar-refractivity contribution is 6.30. The van der Waals surface area contributed by atoms with Crippen molar-refractivity contribution in [2.45, 2.75) is 36.9 Å². The van der Waals surface area contributed by atoms with Gasteiger partial charge in [-0.3, -0.25) is 25.0 Å². The lowest BCUT2D eigenvalue weighted by atomic mass is 9.83. The first kappa shape index (κ1) is 31.1. The Morgan fingerprint density at radius 1 is 1.14 bits per heavy atom. The molecular formula is C30H35ClN6O7. The van der Waals surface area contributed by atoms with Gasteiger partial charge in [-0.05, 0) is 69.4 Å². The Labute approximate surface area is 259 Å². The van der Waals surface area contributed by atoms with E-state index in [4.69, 9.17) is 16.3 Å². The minimum absolute atomic E-state index is 0.0352. The summed E-state index contributed by atoms with van der Waals surface area (Å²) in [4.78, 5) is 69.9. The number of likely N-dealkylation sites (N-methyl/N-ethyl adjacent to an activating group) is 1. The Bertz CT molecular complexity index is 1460. The molecule has 3 aliphatic heterocycles. The largest absolute Gasteiger partial charge is 0.453 e. The van der Waals surface area contributed by atoms with Gasteiger partial charge in [0.2, 0.25) is 11.8 Å². The van der Waals surface area contributed by atoms with E-state index in [0.717, 1.165) is 0 Å². The molecule has 13 nitrogen and oxygen atoms in total. The molecule has 3 N–H and O–H groups in total. The maximum atomic E-state index is 14.1. The standard InChI is InChI=1S/C30H35ClN6O7/c1-35(2)21-15-37(16-21)25(38)14-24(33-26(39)18-5-8-20(9-6-18)32-28(41)43-3)27(40)36-12-4-11-30(17-36)22-13-19(31)7-10-23(22)34-29(42)44-30/h5-10,13,21,24H,4,11-12,14-17H2,1-3H3,(H,32,41)(H,33,39)(H,34,42)/t24-,30-/m0/s1. The topological polar surface area (TPSA) is 150 Å². The minimum atomic E-state index is -1.17. The molecule has 2 fully saturated rings. The van der Waals surface area contributed by atoms with Gasteiger partial charge in [-0.1, -0.05) is 11.6 Å². The van der Waals surface area contributed by atoms with Crippen LogP contribution in [0.15, 0.2) is 42.5 Å². The Hall–Kier alpha value is -4.36. The summed E-state index contributed by atoms with van der Waals surface area (Å²) in [6.07, 6.45) is -0.533. The van der Waals surface area contributed by atoms with Gasteiger partial charge in [0.1, 0.15) is 6.04 Å². The lowest BCUT2D eigenvalue weighted by Gasteiger charge is -2.46. The summed E-state index contributed by atoms with van der Waals surface area (Å²) in [6.45, 7) is 1.45. The van der Waals surface area contributed by atoms with Crippen molar-refractivity contribution < 1.29 is 33.4 Å². The van der Waals surface area contributed by atoms with E-state index in [1.54, 1.807) is 23.1 Å². The molecule has 0 saturated carbocycles. The number of amides is 5. The van der Waals surface area contributed by atoms with E-state index in [1.165, 1.54) is 36.3 Å². The van der Waals surface area contributed by atoms with Crippen LogP contribution in [0.4, 0.5) is 21.0 Å². The van der Waals surface area contributed by atoms with Gasteiger partial charge in [0.05, 0.1) is 25.8 Å². The Kier molecular flexibility index (Phi) is 8.97. The first-order chi connectivity index (χ1) is 21.0. The third-order valence-electron chi connectivity index (χ3n) is 8.27. The fourth-order valence-electron chi connectivity index (χ4n) is 5.71. The number of anilines is 2. The smallest absolute Gasteiger partial charge is 0.412 e. The average molecular weight is 627 g/mol. The number of fused-ring (bicyclic) bond motifs is 2. The van der Waals surface area contributed by atoms with Crippen LogP contribution in [0.5, 0.6) is 0 Å². The predicted molar refractivity (Wildman–Crippen MR) is 161 cm³/mol. The van der Waals surface area contributed by atoms with Crippen LogP contribution in [0, 0.1) is 0 Å². The first-order valence-corrected chi connectivity index (χ1v) is 14.6. The minimum Gasteiger partial charge on any atom is -0.453 e. The molecule has 0 aliphatic carbocycles. The van der Waals surface area contributed by atoms with Crippen LogP contribution in [0.1, 0.15) is 35.2 Å². The monoisotopic (exact) mass is 626 g/mol. The van der Waals surface area contributed by atoms with Crippen LogP contribution in [0.25, 0.3) is 0 Å². The average Bonchev–Trinajstić information content (AvgIpc) is 2.96. The fourth-order valence-corrected chi connectivity index (χ4v) is 5.88. The van der Waals surface area contributed by atoms with Crippen molar-refractivity contribution >= 4 is 52.9 Å². The van der Waals surface area contributed by atoms with Gasteiger partial charge in [0.15, 0.2) is 5.60 Å². The third-order valence-corrected chi connectivity index (χ3v) is 8.51. The normalized spacial score (nSPS) is 20.2. The number of ether oxygens (including phenoxy) is 2. The quantitative estimate of drug-likeness (QED) is 0.425. The lowest BCUT2D eigenvalue weighted by Crippen LogP contribution is -2.61. The summed E-state index contributed by atoms with van der Waals surface area (Å²) in [5, 5.41) is 8.41. The van der Waals surface area contributed by atoms with Crippen molar-refractivity contribution in [3.63, 3.8) is 0 Å². The van der Waals surface area contributed by atoms with Crippen LogP contribution in [-0.4, -0.2) is 104 Å². The molecule has 44 heavy (non-hydrogen) atoms. The third kappa shape index (κ3) is 6.58. The van der Waals surface area contributed by atoms with Crippen molar-refractivity contribution in [1.82, 2.24) is 20.0 Å². The summed E-state index contributed by atoms with van der Waals surface area (Å²) < 4.78 is 10.4. The van der Waals surface area contributed by atoms with E-state index in [0.29, 0.717) is 54.4 Å². The first-order valence-electron chi connectivity index (χ1n) is 14.3. The molecule has 0 radical (unpaired) electrons. The summed E-state index contributed by atoms with van der Waals surface area (Å²) in [6, 6.07) is 10.2. The second kappa shape index (κ2) is 12.7. The molecule has 3 aliphatic rings. The van der Waals surface area contributed by atoms with Crippen LogP contribution < -0.4 is 16.0 Å². The van der Waals surface area contributed by atoms with Gasteiger partial charge in [-0.15, -0.1) is 0 Å². The molecule has 14 heteroatoms. The number of halogens is 1. The number of methoxy groups -OCH3 is 1. The molecular weight excluding hydrogens is 592 g/mol. The summed E-state index contributed by atoms with van der Waals surface area (Å²) >= 11 is 6.29. The number of piperidine rings is 1. The Morgan fingerprint density at radius 3 is 2.55 bits per heavy atom. The summed E-state index contributed by atoms with van der Waals surface area (Å²) in [7, 11) is 5.12. The van der Waals surface area contributed by atoms with Crippen LogP contribution in [-0.2, 0) is 24.7 Å². The number of carbonyl (C=O) groups excluding carboxylic acids is 5. The van der Waals surface area contributed by atoms with E-state index in [-0.39, 0.29) is 30.5 Å². The zero-order valence-corrected chi connectivity index (χ0v) is 25.5. The lowest BCUT2D eigenvalue weighted by molar-refractivity contribution is -0.146. The molecule has 2 aromatic rings. The molecule has 2 atom stereocenters. The molecule has 2 aromatic carbocycles. The maximum absolute atomic E-state index is 14.1. The van der Waals surface area contributed by atoms with Crippen molar-refractivity contribution in [2.24, 2.45) is 0 Å². The van der Waals surface area contributed by atoms with Crippen molar-refractivity contribution in [3.05, 3.63) is 58.6 Å². The molecule has 0 unspecified atom stereocenters. The highest BCUT2D eigenvalue weighted by Crippen LogP contribution is 2.43. The van der Waals surface area contributed by atoms with E-state index in [9.17, 15) is 24.0 Å². The number of rotatable bonds is 7. The molecule has 234 valence electrons. The van der Waals surface area contributed by atoms with E-state index in [2.05, 4.69) is 20.7 Å².